The molecule has 1 saturated heterocycles. The summed E-state index contributed by atoms with van der Waals surface area (Å²) in [6.45, 7) is 3.15. The maximum absolute atomic E-state index is 14.1. The summed E-state index contributed by atoms with van der Waals surface area (Å²) in [5.74, 6) is -3.33. The molecule has 2 aliphatic rings. The van der Waals surface area contributed by atoms with Crippen molar-refractivity contribution < 1.29 is 34.0 Å². The number of aliphatic hydroxyl groups excluding tert-OH is 1. The van der Waals surface area contributed by atoms with E-state index in [1.807, 2.05) is 0 Å². The van der Waals surface area contributed by atoms with Crippen LogP contribution in [0, 0.1) is 5.92 Å². The molecule has 2 heterocycles. The van der Waals surface area contributed by atoms with E-state index in [4.69, 9.17) is 0 Å². The van der Waals surface area contributed by atoms with Crippen LogP contribution < -0.4 is 10.6 Å². The molecule has 0 radical (unpaired) electrons. The van der Waals surface area contributed by atoms with Gasteiger partial charge in [-0.2, -0.15) is 0 Å². The number of hydrogen-bond acceptors (Lipinski definition) is 7. The number of aliphatic hydroxyl groups is 1. The molecule has 0 aliphatic carbocycles. The molecule has 4 atom stereocenters. The number of nitrogens with zero attached hydrogens (tertiary/aromatic N) is 1. The number of imide groups is 1. The van der Waals surface area contributed by atoms with E-state index in [2.05, 4.69) is 26.6 Å². The number of benzene rings is 2. The molecule has 4 unspecified atom stereocenters. The fourth-order valence-electron chi connectivity index (χ4n) is 6.06. The molecular weight excluding hydrogens is 637 g/mol. The molecule has 43 heavy (non-hydrogen) atoms. The van der Waals surface area contributed by atoms with E-state index >= 15 is 0 Å². The molecular formula is C31H41BrN3O7P. The second-order valence-corrected chi connectivity index (χ2v) is 14.1. The summed E-state index contributed by atoms with van der Waals surface area (Å²) in [5.41, 5.74) is 0.262. The molecule has 0 spiro atoms. The van der Waals surface area contributed by atoms with Crippen LogP contribution >= 0.6 is 24.4 Å². The molecule has 2 aromatic carbocycles. The van der Waals surface area contributed by atoms with E-state index in [0.29, 0.717) is 24.8 Å². The third-order valence-corrected chi connectivity index (χ3v) is 10.4. The van der Waals surface area contributed by atoms with Gasteiger partial charge in [-0.25, -0.2) is 0 Å². The Kier molecular flexibility index (Phi) is 11.1. The summed E-state index contributed by atoms with van der Waals surface area (Å²) in [6.07, 6.45) is 6.74. The lowest BCUT2D eigenvalue weighted by Gasteiger charge is -2.39. The average molecular weight is 679 g/mol. The maximum atomic E-state index is 14.1. The lowest BCUT2D eigenvalue weighted by molar-refractivity contribution is -0.133. The van der Waals surface area contributed by atoms with E-state index < -0.39 is 55.9 Å². The maximum Gasteiger partial charge on any atom is 0.261 e. The van der Waals surface area contributed by atoms with Crippen LogP contribution in [0.15, 0.2) is 28.7 Å². The smallest absolute Gasteiger partial charge is 0.261 e. The summed E-state index contributed by atoms with van der Waals surface area (Å²) in [6, 6.07) is 5.18. The van der Waals surface area contributed by atoms with Crippen LogP contribution in [0.4, 0.5) is 0 Å². The molecule has 1 fully saturated rings. The second kappa shape index (κ2) is 14.4. The molecule has 2 aliphatic heterocycles. The average Bonchev–Trinajstić information content (AvgIpc) is 3.01. The van der Waals surface area contributed by atoms with E-state index in [0.717, 1.165) is 49.8 Å². The van der Waals surface area contributed by atoms with Gasteiger partial charge >= 0.3 is 0 Å². The van der Waals surface area contributed by atoms with Gasteiger partial charge in [0.1, 0.15) is 16.9 Å². The van der Waals surface area contributed by atoms with Crippen molar-refractivity contribution in [3.8, 4) is 5.75 Å². The Hall–Kier alpha value is -2.75. The van der Waals surface area contributed by atoms with Crippen LogP contribution in [0.3, 0.4) is 0 Å². The van der Waals surface area contributed by atoms with Gasteiger partial charge in [0, 0.05) is 22.9 Å². The highest BCUT2D eigenvalue weighted by Gasteiger charge is 2.51. The van der Waals surface area contributed by atoms with Gasteiger partial charge in [0.05, 0.1) is 31.1 Å². The SMILES string of the molecule is CC(C)C(O)C(CN1C(=O)c2cccc3c(O)c(Br)cc(c23)C1=O)([PH2]=O)C(=O)NC1CCCCCCCCCCNC1=O. The van der Waals surface area contributed by atoms with Gasteiger partial charge in [-0.1, -0.05) is 70.9 Å². The van der Waals surface area contributed by atoms with Crippen molar-refractivity contribution in [1.82, 2.24) is 15.5 Å². The van der Waals surface area contributed by atoms with E-state index in [1.54, 1.807) is 26.0 Å². The molecule has 0 bridgehead atoms. The minimum absolute atomic E-state index is 0.117. The molecule has 4 N–H and O–H groups in total. The van der Waals surface area contributed by atoms with Crippen molar-refractivity contribution in [3.05, 3.63) is 39.9 Å². The topological polar surface area (TPSA) is 153 Å². The standard InChI is InChI=1S/C31H41BrN3O7P/c1-18(2)26(37)31(43-42,30(41)34-23-14-9-7-5-3-4-6-8-10-15-33-27(23)38)17-35-28(39)20-13-11-12-19-24(20)21(29(35)40)16-22(32)25(19)36/h11-13,16,18,23,26,36-37H,3-10,14-15,17,43H2,1-2H3,(H,33,38)(H,34,41). The van der Waals surface area contributed by atoms with Crippen LogP contribution in [-0.2, 0) is 14.2 Å². The third kappa shape index (κ3) is 6.84. The molecule has 12 heteroatoms. The highest BCUT2D eigenvalue weighted by molar-refractivity contribution is 9.10. The van der Waals surface area contributed by atoms with Gasteiger partial charge in [0.15, 0.2) is 0 Å². The minimum atomic E-state index is -2.07. The summed E-state index contributed by atoms with van der Waals surface area (Å²) < 4.78 is 13.4. The number of phenols is 1. The quantitative estimate of drug-likeness (QED) is 0.248. The first kappa shape index (κ1) is 33.1. The zero-order chi connectivity index (χ0) is 31.3. The van der Waals surface area contributed by atoms with Gasteiger partial charge in [-0.05, 0) is 46.8 Å². The third-order valence-electron chi connectivity index (χ3n) is 8.59. The predicted molar refractivity (Wildman–Crippen MR) is 169 cm³/mol. The number of phenolic OH excluding ortho intramolecular Hbond substituents is 1. The molecule has 10 nitrogen and oxygen atoms in total. The second-order valence-electron chi connectivity index (χ2n) is 12.0. The first-order valence-electron chi connectivity index (χ1n) is 15.1. The molecule has 234 valence electrons. The van der Waals surface area contributed by atoms with Gasteiger partial charge in [0.25, 0.3) is 11.8 Å². The van der Waals surface area contributed by atoms with Crippen LogP contribution in [0.2, 0.25) is 0 Å². The number of carbonyl (C=O) groups excluding carboxylic acids is 4. The Balaban J connectivity index is 1.68. The lowest BCUT2D eigenvalue weighted by atomic mass is 9.88. The van der Waals surface area contributed by atoms with Gasteiger partial charge in [-0.15, -0.1) is 0 Å². The van der Waals surface area contributed by atoms with Gasteiger partial charge < -0.3 is 25.4 Å². The largest absolute Gasteiger partial charge is 0.506 e. The summed E-state index contributed by atoms with van der Waals surface area (Å²) in [4.78, 5) is 55.6. The molecule has 0 aromatic heterocycles. The first-order chi connectivity index (χ1) is 20.5. The lowest BCUT2D eigenvalue weighted by Crippen LogP contribution is -2.63. The number of halogens is 1. The van der Waals surface area contributed by atoms with Crippen molar-refractivity contribution >= 4 is 58.8 Å². The van der Waals surface area contributed by atoms with E-state index in [-0.39, 0.29) is 32.6 Å². The Morgan fingerprint density at radius 1 is 1.07 bits per heavy atom. The number of amides is 4. The molecule has 2 aromatic rings. The van der Waals surface area contributed by atoms with Crippen LogP contribution in [-0.4, -0.2) is 69.1 Å². The number of aromatic hydroxyl groups is 1. The van der Waals surface area contributed by atoms with Crippen LogP contribution in [0.5, 0.6) is 5.75 Å². The minimum Gasteiger partial charge on any atom is -0.506 e. The Labute approximate surface area is 261 Å². The highest BCUT2D eigenvalue weighted by atomic mass is 79.9. The Morgan fingerprint density at radius 3 is 2.35 bits per heavy atom. The van der Waals surface area contributed by atoms with Crippen molar-refractivity contribution in [2.24, 2.45) is 5.92 Å². The zero-order valence-corrected chi connectivity index (χ0v) is 27.4. The number of rotatable bonds is 7. The van der Waals surface area contributed by atoms with Crippen molar-refractivity contribution in [2.45, 2.75) is 88.9 Å². The monoisotopic (exact) mass is 677 g/mol. The number of carbonyl (C=O) groups is 4. The predicted octanol–water partition coefficient (Wildman–Crippen LogP) is 4.54. The van der Waals surface area contributed by atoms with E-state index in [9.17, 15) is 34.0 Å². The van der Waals surface area contributed by atoms with Crippen molar-refractivity contribution in [1.29, 1.82) is 0 Å². The Morgan fingerprint density at radius 2 is 1.70 bits per heavy atom. The highest BCUT2D eigenvalue weighted by Crippen LogP contribution is 2.41. The summed E-state index contributed by atoms with van der Waals surface area (Å²) >= 11 is 3.26. The van der Waals surface area contributed by atoms with Crippen molar-refractivity contribution in [2.75, 3.05) is 13.1 Å². The first-order valence-corrected chi connectivity index (χ1v) is 16.9. The zero-order valence-electron chi connectivity index (χ0n) is 24.7. The van der Waals surface area contributed by atoms with E-state index in [1.165, 1.54) is 12.1 Å². The summed E-state index contributed by atoms with van der Waals surface area (Å²) in [5, 5.41) is 26.1. The Bertz CT molecular complexity index is 1420. The number of nitrogens with one attached hydrogen (secondary N) is 2. The number of hydrogen-bond donors (Lipinski definition) is 4. The van der Waals surface area contributed by atoms with Crippen LogP contribution in [0.1, 0.15) is 92.4 Å². The molecule has 4 amide bonds. The fourth-order valence-corrected chi connectivity index (χ4v) is 7.47. The molecule has 0 saturated carbocycles. The normalized spacial score (nSPS) is 21.2. The van der Waals surface area contributed by atoms with Crippen LogP contribution in [0.25, 0.3) is 10.8 Å². The molecule has 4 rings (SSSR count). The van der Waals surface area contributed by atoms with Gasteiger partial charge in [-0.3, -0.25) is 24.1 Å². The summed E-state index contributed by atoms with van der Waals surface area (Å²) in [7, 11) is -2.07. The fraction of sp³-hybridized carbons (Fsp3) is 0.548. The van der Waals surface area contributed by atoms with Crippen molar-refractivity contribution in [3.63, 3.8) is 0 Å². The van der Waals surface area contributed by atoms with Gasteiger partial charge in [0.2, 0.25) is 11.8 Å².